The Morgan fingerprint density at radius 2 is 2.09 bits per heavy atom. The molecule has 1 amide bonds. The van der Waals surface area contributed by atoms with Crippen molar-refractivity contribution in [1.82, 2.24) is 9.97 Å². The molecule has 1 N–H and O–H groups in total. The van der Waals surface area contributed by atoms with Gasteiger partial charge < -0.3 is 4.74 Å². The number of fused-ring (bicyclic) bond motifs is 1. The number of aromatic nitrogens is 2. The van der Waals surface area contributed by atoms with Gasteiger partial charge in [-0.3, -0.25) is 10.1 Å². The average Bonchev–Trinajstić information content (AvgIpc) is 3.09. The van der Waals surface area contributed by atoms with Crippen LogP contribution in [0.5, 0.6) is 0 Å². The molecule has 0 radical (unpaired) electrons. The molecule has 114 valence electrons. The van der Waals surface area contributed by atoms with E-state index in [1.54, 1.807) is 6.07 Å². The zero-order chi connectivity index (χ0) is 15.5. The molecule has 0 saturated carbocycles. The molecule has 0 spiro atoms. The van der Waals surface area contributed by atoms with Crippen molar-refractivity contribution in [2.75, 3.05) is 5.32 Å². The van der Waals surface area contributed by atoms with Crippen molar-refractivity contribution in [3.8, 4) is 0 Å². The van der Waals surface area contributed by atoms with Gasteiger partial charge in [-0.2, -0.15) is 0 Å². The number of hydrogen-bond acceptors (Lipinski definition) is 6. The Hall–Kier alpha value is -2.28. The molecule has 3 rings (SSSR count). The van der Waals surface area contributed by atoms with Crippen LogP contribution >= 0.6 is 11.3 Å². The first-order valence-electron chi connectivity index (χ1n) is 7.04. The van der Waals surface area contributed by atoms with Crippen molar-refractivity contribution in [1.29, 1.82) is 0 Å². The molecular formula is C15H15N3O3S. The van der Waals surface area contributed by atoms with Crippen molar-refractivity contribution in [2.24, 2.45) is 0 Å². The Morgan fingerprint density at radius 3 is 2.82 bits per heavy atom. The second-order valence-corrected chi connectivity index (χ2v) is 6.16. The van der Waals surface area contributed by atoms with Crippen LogP contribution in [0, 0.1) is 0 Å². The Labute approximate surface area is 131 Å². The van der Waals surface area contributed by atoms with Crippen molar-refractivity contribution >= 4 is 29.2 Å². The summed E-state index contributed by atoms with van der Waals surface area (Å²) in [5.74, 6) is -0.731. The summed E-state index contributed by atoms with van der Waals surface area (Å²) >= 11 is 1.46. The normalized spacial score (nSPS) is 14.2. The molecule has 7 heteroatoms. The second-order valence-electron chi connectivity index (χ2n) is 5.02. The highest BCUT2D eigenvalue weighted by atomic mass is 32.1. The van der Waals surface area contributed by atoms with Gasteiger partial charge in [0.25, 0.3) is 5.91 Å². The highest BCUT2D eigenvalue weighted by Gasteiger charge is 2.23. The minimum atomic E-state index is -0.909. The standard InChI is InChI=1S/C15H15N3O3S/c1-9(13(19)18-15-16-6-3-7-17-15)21-14(20)12-8-10-4-2-5-11(10)22-12/h3,6-9H,2,4-5H2,1H3,(H,16,17,18,19)/t9-/m1/s1. The van der Waals surface area contributed by atoms with Gasteiger partial charge in [-0.05, 0) is 43.9 Å². The fourth-order valence-corrected chi connectivity index (χ4v) is 3.41. The molecule has 0 bridgehead atoms. The lowest BCUT2D eigenvalue weighted by Gasteiger charge is -2.11. The summed E-state index contributed by atoms with van der Waals surface area (Å²) in [6.45, 7) is 1.53. The summed E-state index contributed by atoms with van der Waals surface area (Å²) < 4.78 is 5.21. The van der Waals surface area contributed by atoms with Crippen LogP contribution in [0.4, 0.5) is 5.95 Å². The Kier molecular flexibility index (Phi) is 4.15. The van der Waals surface area contributed by atoms with E-state index in [1.165, 1.54) is 41.1 Å². The van der Waals surface area contributed by atoms with Gasteiger partial charge in [0, 0.05) is 17.3 Å². The fourth-order valence-electron chi connectivity index (χ4n) is 2.28. The SMILES string of the molecule is C[C@@H](OC(=O)c1cc2c(s1)CCC2)C(=O)Nc1ncccn1. The molecule has 0 unspecified atom stereocenters. The molecule has 2 aromatic rings. The molecule has 6 nitrogen and oxygen atoms in total. The number of carbonyl (C=O) groups excluding carboxylic acids is 2. The number of nitrogens with one attached hydrogen (secondary N) is 1. The third-order valence-electron chi connectivity index (χ3n) is 3.40. The number of amides is 1. The Balaban J connectivity index is 1.59. The zero-order valence-electron chi connectivity index (χ0n) is 12.0. The molecule has 2 heterocycles. The van der Waals surface area contributed by atoms with E-state index >= 15 is 0 Å². The van der Waals surface area contributed by atoms with E-state index < -0.39 is 18.0 Å². The lowest BCUT2D eigenvalue weighted by Crippen LogP contribution is -2.30. The molecule has 2 aromatic heterocycles. The van der Waals surface area contributed by atoms with Gasteiger partial charge in [0.05, 0.1) is 0 Å². The Bertz CT molecular complexity index is 678. The molecule has 0 fully saturated rings. The van der Waals surface area contributed by atoms with Gasteiger partial charge in [0.2, 0.25) is 5.95 Å². The topological polar surface area (TPSA) is 81.2 Å². The first kappa shape index (κ1) is 14.6. The van der Waals surface area contributed by atoms with E-state index in [4.69, 9.17) is 4.74 Å². The summed E-state index contributed by atoms with van der Waals surface area (Å²) in [5, 5.41) is 2.50. The largest absolute Gasteiger partial charge is 0.448 e. The predicted octanol–water partition coefficient (Wildman–Crippen LogP) is 2.21. The van der Waals surface area contributed by atoms with Crippen LogP contribution in [0.2, 0.25) is 0 Å². The third-order valence-corrected chi connectivity index (χ3v) is 4.62. The average molecular weight is 317 g/mol. The van der Waals surface area contributed by atoms with Gasteiger partial charge in [0.1, 0.15) is 4.88 Å². The van der Waals surface area contributed by atoms with Crippen LogP contribution in [-0.2, 0) is 22.4 Å². The van der Waals surface area contributed by atoms with E-state index in [0.717, 1.165) is 19.3 Å². The second kappa shape index (κ2) is 6.23. The number of carbonyl (C=O) groups is 2. The van der Waals surface area contributed by atoms with Crippen LogP contribution in [0.1, 0.15) is 33.5 Å². The lowest BCUT2D eigenvalue weighted by molar-refractivity contribution is -0.123. The number of rotatable bonds is 4. The predicted molar refractivity (Wildman–Crippen MR) is 81.9 cm³/mol. The molecule has 1 aliphatic rings. The van der Waals surface area contributed by atoms with Crippen molar-refractivity contribution in [3.63, 3.8) is 0 Å². The molecule has 0 aliphatic heterocycles. The van der Waals surface area contributed by atoms with Gasteiger partial charge >= 0.3 is 5.97 Å². The highest BCUT2D eigenvalue weighted by molar-refractivity contribution is 7.14. The smallest absolute Gasteiger partial charge is 0.349 e. The maximum atomic E-state index is 12.1. The van der Waals surface area contributed by atoms with Crippen LogP contribution in [0.15, 0.2) is 24.5 Å². The molecule has 22 heavy (non-hydrogen) atoms. The summed E-state index contributed by atoms with van der Waals surface area (Å²) in [4.78, 5) is 33.6. The maximum Gasteiger partial charge on any atom is 0.349 e. The molecule has 0 saturated heterocycles. The first-order chi connectivity index (χ1) is 10.6. The summed E-state index contributed by atoms with van der Waals surface area (Å²) in [6, 6.07) is 3.52. The number of aryl methyl sites for hydroxylation is 2. The first-order valence-corrected chi connectivity index (χ1v) is 7.85. The van der Waals surface area contributed by atoms with Gasteiger partial charge in [-0.25, -0.2) is 14.8 Å². The minimum Gasteiger partial charge on any atom is -0.448 e. The molecule has 1 aliphatic carbocycles. The number of esters is 1. The quantitative estimate of drug-likeness (QED) is 0.874. The Morgan fingerprint density at radius 1 is 1.32 bits per heavy atom. The van der Waals surface area contributed by atoms with Crippen molar-refractivity contribution < 1.29 is 14.3 Å². The maximum absolute atomic E-state index is 12.1. The van der Waals surface area contributed by atoms with Crippen LogP contribution in [0.25, 0.3) is 0 Å². The van der Waals surface area contributed by atoms with Crippen LogP contribution in [-0.4, -0.2) is 27.9 Å². The minimum absolute atomic E-state index is 0.186. The molecule has 1 atom stereocenters. The number of anilines is 1. The third kappa shape index (κ3) is 3.14. The fraction of sp³-hybridized carbons (Fsp3) is 0.333. The van der Waals surface area contributed by atoms with Crippen molar-refractivity contribution in [2.45, 2.75) is 32.3 Å². The van der Waals surface area contributed by atoms with Crippen molar-refractivity contribution in [3.05, 3.63) is 39.8 Å². The van der Waals surface area contributed by atoms with E-state index in [9.17, 15) is 9.59 Å². The van der Waals surface area contributed by atoms with E-state index in [0.29, 0.717) is 4.88 Å². The van der Waals surface area contributed by atoms with E-state index in [-0.39, 0.29) is 5.95 Å². The highest BCUT2D eigenvalue weighted by Crippen LogP contribution is 2.31. The van der Waals surface area contributed by atoms with Gasteiger partial charge in [-0.1, -0.05) is 0 Å². The number of hydrogen-bond donors (Lipinski definition) is 1. The monoisotopic (exact) mass is 317 g/mol. The zero-order valence-corrected chi connectivity index (χ0v) is 12.9. The molecule has 0 aromatic carbocycles. The number of ether oxygens (including phenoxy) is 1. The summed E-state index contributed by atoms with van der Waals surface area (Å²) in [5.41, 5.74) is 1.23. The number of thiophene rings is 1. The summed E-state index contributed by atoms with van der Waals surface area (Å²) in [7, 11) is 0. The summed E-state index contributed by atoms with van der Waals surface area (Å²) in [6.07, 6.45) is 5.31. The lowest BCUT2D eigenvalue weighted by atomic mass is 10.2. The van der Waals surface area contributed by atoms with Gasteiger partial charge in [-0.15, -0.1) is 11.3 Å². The van der Waals surface area contributed by atoms with Gasteiger partial charge in [0.15, 0.2) is 6.10 Å². The van der Waals surface area contributed by atoms with E-state index in [2.05, 4.69) is 15.3 Å². The number of nitrogens with zero attached hydrogens (tertiary/aromatic N) is 2. The van der Waals surface area contributed by atoms with Crippen LogP contribution in [0.3, 0.4) is 0 Å². The van der Waals surface area contributed by atoms with Crippen LogP contribution < -0.4 is 5.32 Å². The molecular weight excluding hydrogens is 302 g/mol. The van der Waals surface area contributed by atoms with E-state index in [1.807, 2.05) is 6.07 Å².